The second kappa shape index (κ2) is 6.70. The van der Waals surface area contributed by atoms with Crippen LogP contribution >= 0.6 is 0 Å². The second-order valence-corrected chi connectivity index (χ2v) is 4.27. The molecule has 20 heavy (non-hydrogen) atoms. The van der Waals surface area contributed by atoms with E-state index in [0.717, 1.165) is 11.3 Å². The van der Waals surface area contributed by atoms with Gasteiger partial charge in [-0.3, -0.25) is 4.79 Å². The number of nitrogens with zero attached hydrogens (tertiary/aromatic N) is 1. The Morgan fingerprint density at radius 1 is 1.15 bits per heavy atom. The van der Waals surface area contributed by atoms with E-state index in [9.17, 15) is 4.79 Å². The van der Waals surface area contributed by atoms with Crippen molar-refractivity contribution in [2.45, 2.75) is 13.3 Å². The van der Waals surface area contributed by atoms with Crippen LogP contribution in [0.4, 0.5) is 0 Å². The number of rotatable bonds is 6. The lowest BCUT2D eigenvalue weighted by Gasteiger charge is -2.05. The number of hydrogen-bond donors (Lipinski definition) is 0. The van der Waals surface area contributed by atoms with E-state index in [1.54, 1.807) is 31.5 Å². The molecule has 0 aliphatic rings. The Balaban J connectivity index is 2.03. The Bertz CT molecular complexity index is 561. The highest BCUT2D eigenvalue weighted by molar-refractivity contribution is 5.97. The highest BCUT2D eigenvalue weighted by Crippen LogP contribution is 2.15. The van der Waals surface area contributed by atoms with Crippen LogP contribution in [0.3, 0.4) is 0 Å². The van der Waals surface area contributed by atoms with E-state index < -0.39 is 0 Å². The molecule has 0 N–H and O–H groups in total. The number of pyridine rings is 1. The molecule has 0 amide bonds. The molecule has 0 saturated carbocycles. The molecule has 0 spiro atoms. The molecular formula is C16H17NO3. The molecule has 2 aromatic rings. The predicted molar refractivity (Wildman–Crippen MR) is 76.4 cm³/mol. The van der Waals surface area contributed by atoms with E-state index in [1.807, 2.05) is 25.1 Å². The van der Waals surface area contributed by atoms with Gasteiger partial charge in [-0.15, -0.1) is 0 Å². The zero-order chi connectivity index (χ0) is 14.4. The Morgan fingerprint density at radius 2 is 1.90 bits per heavy atom. The molecule has 4 heteroatoms. The number of carbonyl (C=O) groups excluding carboxylic acids is 1. The molecule has 1 heterocycles. The minimum Gasteiger partial charge on any atom is -0.494 e. The van der Waals surface area contributed by atoms with Gasteiger partial charge in [0, 0.05) is 24.2 Å². The third-order valence-corrected chi connectivity index (χ3v) is 2.86. The smallest absolute Gasteiger partial charge is 0.212 e. The monoisotopic (exact) mass is 271 g/mol. The number of ether oxygens (including phenoxy) is 2. The van der Waals surface area contributed by atoms with Crippen LogP contribution in [0, 0.1) is 0 Å². The van der Waals surface area contributed by atoms with Crippen molar-refractivity contribution in [3.05, 3.63) is 53.7 Å². The van der Waals surface area contributed by atoms with Gasteiger partial charge in [0.15, 0.2) is 5.78 Å². The van der Waals surface area contributed by atoms with Crippen molar-refractivity contribution in [2.75, 3.05) is 13.7 Å². The fourth-order valence-electron chi connectivity index (χ4n) is 1.83. The summed E-state index contributed by atoms with van der Waals surface area (Å²) < 4.78 is 10.3. The molecule has 0 aliphatic heterocycles. The minimum atomic E-state index is 0.0556. The van der Waals surface area contributed by atoms with Crippen molar-refractivity contribution in [3.63, 3.8) is 0 Å². The number of benzene rings is 1. The first kappa shape index (κ1) is 14.1. The van der Waals surface area contributed by atoms with Crippen LogP contribution in [0.25, 0.3) is 0 Å². The molecule has 4 nitrogen and oxygen atoms in total. The Kier molecular flexibility index (Phi) is 4.71. The van der Waals surface area contributed by atoms with E-state index in [0.29, 0.717) is 24.5 Å². The molecule has 0 atom stereocenters. The molecule has 0 aliphatic carbocycles. The molecule has 0 unspecified atom stereocenters. The van der Waals surface area contributed by atoms with E-state index in [4.69, 9.17) is 9.47 Å². The lowest BCUT2D eigenvalue weighted by atomic mass is 10.0. The van der Waals surface area contributed by atoms with Crippen LogP contribution in [0.15, 0.2) is 42.6 Å². The summed E-state index contributed by atoms with van der Waals surface area (Å²) in [6.45, 7) is 2.54. The molecule has 0 saturated heterocycles. The van der Waals surface area contributed by atoms with Crippen LogP contribution in [0.1, 0.15) is 22.8 Å². The van der Waals surface area contributed by atoms with Crippen molar-refractivity contribution < 1.29 is 14.3 Å². The van der Waals surface area contributed by atoms with E-state index in [1.165, 1.54) is 0 Å². The summed E-state index contributed by atoms with van der Waals surface area (Å²) in [5.74, 6) is 1.37. The summed E-state index contributed by atoms with van der Waals surface area (Å²) >= 11 is 0. The van der Waals surface area contributed by atoms with Crippen molar-refractivity contribution >= 4 is 5.78 Å². The van der Waals surface area contributed by atoms with Crippen molar-refractivity contribution in [1.29, 1.82) is 0 Å². The van der Waals surface area contributed by atoms with E-state index in [-0.39, 0.29) is 5.78 Å². The van der Waals surface area contributed by atoms with Gasteiger partial charge in [0.2, 0.25) is 5.88 Å². The molecule has 104 valence electrons. The van der Waals surface area contributed by atoms with E-state index in [2.05, 4.69) is 4.98 Å². The summed E-state index contributed by atoms with van der Waals surface area (Å²) in [6.07, 6.45) is 1.98. The van der Waals surface area contributed by atoms with Crippen molar-refractivity contribution in [1.82, 2.24) is 4.98 Å². The number of hydrogen-bond acceptors (Lipinski definition) is 4. The van der Waals surface area contributed by atoms with Crippen molar-refractivity contribution in [2.24, 2.45) is 0 Å². The Hall–Kier alpha value is -2.36. The van der Waals surface area contributed by atoms with Gasteiger partial charge in [0.05, 0.1) is 13.7 Å². The number of carbonyl (C=O) groups is 1. The van der Waals surface area contributed by atoms with Gasteiger partial charge in [-0.25, -0.2) is 4.98 Å². The maximum atomic E-state index is 12.1. The summed E-state index contributed by atoms with van der Waals surface area (Å²) in [5.41, 5.74) is 1.54. The van der Waals surface area contributed by atoms with Crippen LogP contribution in [-0.2, 0) is 6.42 Å². The maximum absolute atomic E-state index is 12.1. The van der Waals surface area contributed by atoms with Gasteiger partial charge < -0.3 is 9.47 Å². The highest BCUT2D eigenvalue weighted by Gasteiger charge is 2.08. The molecule has 1 aromatic carbocycles. The first-order chi connectivity index (χ1) is 9.72. The Morgan fingerprint density at radius 3 is 2.45 bits per heavy atom. The normalized spacial score (nSPS) is 10.1. The van der Waals surface area contributed by atoms with Gasteiger partial charge in [-0.2, -0.15) is 0 Å². The Labute approximate surface area is 118 Å². The topological polar surface area (TPSA) is 48.4 Å². The van der Waals surface area contributed by atoms with Crippen molar-refractivity contribution in [3.8, 4) is 11.6 Å². The van der Waals surface area contributed by atoms with Crippen LogP contribution in [0.5, 0.6) is 11.6 Å². The second-order valence-electron chi connectivity index (χ2n) is 4.27. The standard InChI is InChI=1S/C16H17NO3/c1-3-20-14-7-5-13(6-8-14)15(18)10-12-4-9-16(19-2)17-11-12/h4-9,11H,3,10H2,1-2H3. The van der Waals surface area contributed by atoms with E-state index >= 15 is 0 Å². The van der Waals surface area contributed by atoms with Gasteiger partial charge in [-0.1, -0.05) is 6.07 Å². The van der Waals surface area contributed by atoms with Gasteiger partial charge in [-0.05, 0) is 36.8 Å². The summed E-state index contributed by atoms with van der Waals surface area (Å²) in [7, 11) is 1.56. The first-order valence-corrected chi connectivity index (χ1v) is 6.48. The fraction of sp³-hybridized carbons (Fsp3) is 0.250. The number of Topliss-reactive ketones (excluding diaryl/α,β-unsaturated/α-hetero) is 1. The number of methoxy groups -OCH3 is 1. The first-order valence-electron chi connectivity index (χ1n) is 6.48. The van der Waals surface area contributed by atoms with Crippen LogP contribution in [-0.4, -0.2) is 24.5 Å². The SMILES string of the molecule is CCOc1ccc(C(=O)Cc2ccc(OC)nc2)cc1. The zero-order valence-corrected chi connectivity index (χ0v) is 11.6. The third-order valence-electron chi connectivity index (χ3n) is 2.86. The number of aromatic nitrogens is 1. The lowest BCUT2D eigenvalue weighted by molar-refractivity contribution is 0.0993. The average molecular weight is 271 g/mol. The predicted octanol–water partition coefficient (Wildman–Crippen LogP) is 2.91. The highest BCUT2D eigenvalue weighted by atomic mass is 16.5. The largest absolute Gasteiger partial charge is 0.494 e. The summed E-state index contributed by atoms with van der Waals surface area (Å²) in [5, 5.41) is 0. The minimum absolute atomic E-state index is 0.0556. The molecule has 1 aromatic heterocycles. The number of ketones is 1. The summed E-state index contributed by atoms with van der Waals surface area (Å²) in [4.78, 5) is 16.2. The lowest BCUT2D eigenvalue weighted by Crippen LogP contribution is -2.04. The maximum Gasteiger partial charge on any atom is 0.212 e. The fourth-order valence-corrected chi connectivity index (χ4v) is 1.83. The van der Waals surface area contributed by atoms with Gasteiger partial charge in [0.25, 0.3) is 0 Å². The van der Waals surface area contributed by atoms with Crippen LogP contribution < -0.4 is 9.47 Å². The molecule has 0 bridgehead atoms. The molecule has 2 rings (SSSR count). The van der Waals surface area contributed by atoms with Gasteiger partial charge in [0.1, 0.15) is 5.75 Å². The molecular weight excluding hydrogens is 254 g/mol. The van der Waals surface area contributed by atoms with Crippen LogP contribution in [0.2, 0.25) is 0 Å². The third kappa shape index (κ3) is 3.57. The summed E-state index contributed by atoms with van der Waals surface area (Å²) in [6, 6.07) is 10.8. The average Bonchev–Trinajstić information content (AvgIpc) is 2.49. The van der Waals surface area contributed by atoms with Gasteiger partial charge >= 0.3 is 0 Å². The quantitative estimate of drug-likeness (QED) is 0.758. The molecule has 0 radical (unpaired) electrons. The molecule has 0 fully saturated rings. The zero-order valence-electron chi connectivity index (χ0n) is 11.6.